The maximum absolute atomic E-state index is 12.8. The fourth-order valence-corrected chi connectivity index (χ4v) is 1.90. The highest BCUT2D eigenvalue weighted by Gasteiger charge is 2.35. The van der Waals surface area contributed by atoms with Crippen LogP contribution in [0.15, 0.2) is 6.20 Å². The molecule has 0 atom stereocenters. The highest BCUT2D eigenvalue weighted by atomic mass is 127. The number of nitrogens with zero attached hydrogens (tertiary/aromatic N) is 1. The SMILES string of the molecule is COC(=O)Cc1c(C(F)F)cnc(I)c1OC(F)(F)F. The third-order valence-electron chi connectivity index (χ3n) is 2.13. The first-order chi connectivity index (χ1) is 9.15. The van der Waals surface area contributed by atoms with Gasteiger partial charge in [0.25, 0.3) is 6.43 Å². The summed E-state index contributed by atoms with van der Waals surface area (Å²) in [6.07, 6.45) is -8.27. The minimum atomic E-state index is -5.09. The number of pyridine rings is 1. The number of carbonyl (C=O) groups is 1. The van der Waals surface area contributed by atoms with Gasteiger partial charge in [0.2, 0.25) is 0 Å². The average molecular weight is 411 g/mol. The molecule has 0 unspecified atom stereocenters. The molecule has 0 aliphatic rings. The summed E-state index contributed by atoms with van der Waals surface area (Å²) in [5, 5.41) is 0. The van der Waals surface area contributed by atoms with E-state index in [0.29, 0.717) is 6.20 Å². The van der Waals surface area contributed by atoms with Gasteiger partial charge in [-0.25, -0.2) is 13.8 Å². The second kappa shape index (κ2) is 6.50. The first-order valence-corrected chi connectivity index (χ1v) is 6.01. The minimum Gasteiger partial charge on any atom is -0.469 e. The molecule has 0 aliphatic carbocycles. The van der Waals surface area contributed by atoms with E-state index in [1.54, 1.807) is 0 Å². The second-order valence-electron chi connectivity index (χ2n) is 3.41. The topological polar surface area (TPSA) is 48.4 Å². The summed E-state index contributed by atoms with van der Waals surface area (Å²) in [5.41, 5.74) is -1.40. The molecule has 1 heterocycles. The predicted octanol–water partition coefficient (Wildman–Crippen LogP) is 3.24. The summed E-state index contributed by atoms with van der Waals surface area (Å²) in [7, 11) is 0.987. The number of halogens is 6. The first-order valence-electron chi connectivity index (χ1n) is 4.93. The van der Waals surface area contributed by atoms with Crippen LogP contribution in [0.4, 0.5) is 22.0 Å². The fourth-order valence-electron chi connectivity index (χ4n) is 1.32. The number of hydrogen-bond acceptors (Lipinski definition) is 4. The Bertz CT molecular complexity index is 506. The first kappa shape index (κ1) is 16.9. The van der Waals surface area contributed by atoms with Gasteiger partial charge in [0, 0.05) is 17.3 Å². The Kier molecular flexibility index (Phi) is 5.48. The molecule has 0 saturated carbocycles. The monoisotopic (exact) mass is 411 g/mol. The normalized spacial score (nSPS) is 11.6. The molecule has 0 N–H and O–H groups in total. The lowest BCUT2D eigenvalue weighted by atomic mass is 10.1. The third kappa shape index (κ3) is 4.42. The van der Waals surface area contributed by atoms with Gasteiger partial charge in [-0.05, 0) is 22.6 Å². The molecule has 1 aromatic heterocycles. The zero-order valence-corrected chi connectivity index (χ0v) is 12.0. The minimum absolute atomic E-state index is 0.289. The molecule has 0 bridgehead atoms. The zero-order valence-electron chi connectivity index (χ0n) is 9.80. The van der Waals surface area contributed by atoms with Crippen LogP contribution in [0, 0.1) is 3.70 Å². The van der Waals surface area contributed by atoms with E-state index in [4.69, 9.17) is 0 Å². The standard InChI is InChI=1S/C10H7F5INO3/c1-19-6(18)2-4-5(8(11)12)3-17-9(16)7(4)20-10(13,14)15/h3,8H,2H2,1H3. The average Bonchev–Trinajstić information content (AvgIpc) is 2.31. The Morgan fingerprint density at radius 3 is 2.50 bits per heavy atom. The number of hydrogen-bond donors (Lipinski definition) is 0. The smallest absolute Gasteiger partial charge is 0.469 e. The number of ether oxygens (including phenoxy) is 2. The molecule has 0 fully saturated rings. The highest BCUT2D eigenvalue weighted by molar-refractivity contribution is 14.1. The lowest BCUT2D eigenvalue weighted by Gasteiger charge is -2.16. The number of methoxy groups -OCH3 is 1. The fraction of sp³-hybridized carbons (Fsp3) is 0.400. The van der Waals surface area contributed by atoms with Crippen molar-refractivity contribution in [3.05, 3.63) is 21.0 Å². The molecule has 1 rings (SSSR count). The van der Waals surface area contributed by atoms with Crippen LogP contribution in [0.5, 0.6) is 5.75 Å². The van der Waals surface area contributed by atoms with Crippen LogP contribution < -0.4 is 4.74 Å². The van der Waals surface area contributed by atoms with Crippen LogP contribution in [0.3, 0.4) is 0 Å². The van der Waals surface area contributed by atoms with Crippen LogP contribution in [0.2, 0.25) is 0 Å². The largest absolute Gasteiger partial charge is 0.573 e. The van der Waals surface area contributed by atoms with Crippen molar-refractivity contribution < 1.29 is 36.2 Å². The maximum atomic E-state index is 12.8. The van der Waals surface area contributed by atoms with E-state index in [1.165, 1.54) is 22.6 Å². The van der Waals surface area contributed by atoms with Crippen molar-refractivity contribution in [3.8, 4) is 5.75 Å². The maximum Gasteiger partial charge on any atom is 0.573 e. The lowest BCUT2D eigenvalue weighted by molar-refractivity contribution is -0.275. The molecule has 0 amide bonds. The van der Waals surface area contributed by atoms with Gasteiger partial charge in [-0.2, -0.15) is 0 Å². The van der Waals surface area contributed by atoms with Crippen molar-refractivity contribution in [1.29, 1.82) is 0 Å². The van der Waals surface area contributed by atoms with Crippen molar-refractivity contribution in [1.82, 2.24) is 4.98 Å². The predicted molar refractivity (Wildman–Crippen MR) is 64.3 cm³/mol. The van der Waals surface area contributed by atoms with E-state index in [2.05, 4.69) is 14.5 Å². The highest BCUT2D eigenvalue weighted by Crippen LogP contribution is 2.36. The van der Waals surface area contributed by atoms with Crippen molar-refractivity contribution in [2.75, 3.05) is 7.11 Å². The number of aromatic nitrogens is 1. The summed E-state index contributed by atoms with van der Waals surface area (Å²) in [5.74, 6) is -1.89. The van der Waals surface area contributed by atoms with Crippen LogP contribution in [-0.4, -0.2) is 24.4 Å². The number of rotatable bonds is 4. The van der Waals surface area contributed by atoms with E-state index < -0.39 is 42.1 Å². The van der Waals surface area contributed by atoms with Crippen molar-refractivity contribution >= 4 is 28.6 Å². The summed E-state index contributed by atoms with van der Waals surface area (Å²) in [6.45, 7) is 0. The molecular formula is C10H7F5INO3. The quantitative estimate of drug-likeness (QED) is 0.331. The van der Waals surface area contributed by atoms with Gasteiger partial charge in [0.1, 0.15) is 3.70 Å². The number of alkyl halides is 5. The number of carbonyl (C=O) groups excluding carboxylic acids is 1. The molecule has 0 aromatic carbocycles. The molecule has 1 aromatic rings. The van der Waals surface area contributed by atoms with Crippen molar-refractivity contribution in [3.63, 3.8) is 0 Å². The van der Waals surface area contributed by atoms with Gasteiger partial charge in [0.05, 0.1) is 13.5 Å². The van der Waals surface area contributed by atoms with Gasteiger partial charge < -0.3 is 9.47 Å². The number of esters is 1. The Morgan fingerprint density at radius 1 is 1.45 bits per heavy atom. The van der Waals surface area contributed by atoms with Gasteiger partial charge >= 0.3 is 12.3 Å². The Labute approximate surface area is 123 Å². The Balaban J connectivity index is 3.37. The second-order valence-corrected chi connectivity index (χ2v) is 4.44. The molecule has 0 spiro atoms. The van der Waals surface area contributed by atoms with Gasteiger partial charge in [0.15, 0.2) is 5.75 Å². The van der Waals surface area contributed by atoms with E-state index in [1.807, 2.05) is 0 Å². The van der Waals surface area contributed by atoms with E-state index >= 15 is 0 Å². The van der Waals surface area contributed by atoms with Gasteiger partial charge in [-0.15, -0.1) is 13.2 Å². The molecule has 20 heavy (non-hydrogen) atoms. The summed E-state index contributed by atoms with van der Waals surface area (Å²) >= 11 is 1.39. The molecule has 0 saturated heterocycles. The van der Waals surface area contributed by atoms with E-state index in [9.17, 15) is 26.7 Å². The summed E-state index contributed by atoms with van der Waals surface area (Å²) in [4.78, 5) is 14.6. The van der Waals surface area contributed by atoms with Crippen LogP contribution in [-0.2, 0) is 16.0 Å². The van der Waals surface area contributed by atoms with Crippen molar-refractivity contribution in [2.24, 2.45) is 0 Å². The third-order valence-corrected chi connectivity index (χ3v) is 2.90. The Morgan fingerprint density at radius 2 is 2.05 bits per heavy atom. The van der Waals surface area contributed by atoms with Crippen LogP contribution in [0.1, 0.15) is 17.6 Å². The van der Waals surface area contributed by atoms with E-state index in [0.717, 1.165) is 7.11 Å². The molecular weight excluding hydrogens is 404 g/mol. The molecule has 0 radical (unpaired) electrons. The zero-order chi connectivity index (χ0) is 15.5. The summed E-state index contributed by atoms with van der Waals surface area (Å²) < 4.78 is 70.2. The van der Waals surface area contributed by atoms with E-state index in [-0.39, 0.29) is 3.70 Å². The molecule has 0 aliphatic heterocycles. The molecule has 112 valence electrons. The van der Waals surface area contributed by atoms with Gasteiger partial charge in [-0.3, -0.25) is 4.79 Å². The van der Waals surface area contributed by atoms with Crippen LogP contribution >= 0.6 is 22.6 Å². The lowest BCUT2D eigenvalue weighted by Crippen LogP contribution is -2.21. The molecule has 4 nitrogen and oxygen atoms in total. The van der Waals surface area contributed by atoms with Crippen molar-refractivity contribution in [2.45, 2.75) is 19.2 Å². The molecule has 10 heteroatoms. The van der Waals surface area contributed by atoms with Crippen LogP contribution in [0.25, 0.3) is 0 Å². The Hall–Kier alpha value is -1.20. The summed E-state index contributed by atoms with van der Waals surface area (Å²) in [6, 6.07) is 0. The van der Waals surface area contributed by atoms with Gasteiger partial charge in [-0.1, -0.05) is 0 Å².